The molecule has 0 aliphatic carbocycles. The molecule has 1 aromatic rings. The lowest BCUT2D eigenvalue weighted by Crippen LogP contribution is -2.05. The van der Waals surface area contributed by atoms with E-state index in [9.17, 15) is 0 Å². The van der Waals surface area contributed by atoms with Crippen LogP contribution in [0.1, 0.15) is 52.7 Å². The van der Waals surface area contributed by atoms with Crippen molar-refractivity contribution in [1.82, 2.24) is 9.55 Å². The fraction of sp³-hybridized carbons (Fsp3) is 0.786. The lowest BCUT2D eigenvalue weighted by molar-refractivity contribution is 0.498. The highest BCUT2D eigenvalue weighted by Gasteiger charge is 2.04. The van der Waals surface area contributed by atoms with Crippen molar-refractivity contribution < 1.29 is 0 Å². The van der Waals surface area contributed by atoms with Crippen LogP contribution in [0, 0.1) is 11.8 Å². The molecule has 0 aromatic carbocycles. The Labute approximate surface area is 100 Å². The topological polar surface area (TPSA) is 17.8 Å². The smallest absolute Gasteiger partial charge is 0.0948 e. The molecule has 0 radical (unpaired) electrons. The zero-order valence-electron chi connectivity index (χ0n) is 11.2. The van der Waals surface area contributed by atoms with Gasteiger partial charge in [0.2, 0.25) is 0 Å². The van der Waals surface area contributed by atoms with Gasteiger partial charge in [-0.25, -0.2) is 4.98 Å². The highest BCUT2D eigenvalue weighted by Crippen LogP contribution is 2.11. The number of nitrogens with zero attached hydrogens (tertiary/aromatic N) is 2. The summed E-state index contributed by atoms with van der Waals surface area (Å²) in [5.74, 6) is 1.55. The molecule has 0 amide bonds. The van der Waals surface area contributed by atoms with Gasteiger partial charge in [-0.2, -0.15) is 0 Å². The average Bonchev–Trinajstić information content (AvgIpc) is 2.59. The van der Waals surface area contributed by atoms with E-state index in [0.29, 0.717) is 5.92 Å². The molecule has 2 heteroatoms. The Morgan fingerprint density at radius 2 is 1.88 bits per heavy atom. The molecule has 1 rings (SSSR count). The fourth-order valence-electron chi connectivity index (χ4n) is 1.97. The number of hydrogen-bond acceptors (Lipinski definition) is 1. The molecule has 0 atom stereocenters. The molecule has 0 bridgehead atoms. The van der Waals surface area contributed by atoms with E-state index in [1.165, 1.54) is 25.0 Å². The number of imidazole rings is 1. The summed E-state index contributed by atoms with van der Waals surface area (Å²) < 4.78 is 2.32. The first-order valence-electron chi connectivity index (χ1n) is 6.58. The number of aryl methyl sites for hydroxylation is 1. The Morgan fingerprint density at radius 1 is 1.12 bits per heavy atom. The maximum Gasteiger partial charge on any atom is 0.0948 e. The molecule has 0 saturated carbocycles. The third kappa shape index (κ3) is 4.82. The van der Waals surface area contributed by atoms with Crippen molar-refractivity contribution in [1.29, 1.82) is 0 Å². The lowest BCUT2D eigenvalue weighted by atomic mass is 10.1. The van der Waals surface area contributed by atoms with Gasteiger partial charge in [-0.1, -0.05) is 40.5 Å². The summed E-state index contributed by atoms with van der Waals surface area (Å²) in [6, 6.07) is 0. The zero-order valence-corrected chi connectivity index (χ0v) is 11.2. The Balaban J connectivity index is 2.33. The molecule has 0 N–H and O–H groups in total. The standard InChI is InChI=1S/C14H26N2/c1-12(2)7-5-6-8-16-11-15-10-14(16)9-13(3)4/h10-13H,5-9H2,1-4H3. The summed E-state index contributed by atoms with van der Waals surface area (Å²) in [5.41, 5.74) is 1.39. The van der Waals surface area contributed by atoms with Crippen molar-refractivity contribution in [3.05, 3.63) is 18.2 Å². The summed E-state index contributed by atoms with van der Waals surface area (Å²) in [6.45, 7) is 10.2. The van der Waals surface area contributed by atoms with Crippen molar-refractivity contribution in [2.75, 3.05) is 0 Å². The van der Waals surface area contributed by atoms with Crippen molar-refractivity contribution in [2.24, 2.45) is 11.8 Å². The molecule has 0 unspecified atom stereocenters. The summed E-state index contributed by atoms with van der Waals surface area (Å²) in [7, 11) is 0. The maximum atomic E-state index is 4.25. The third-order valence-corrected chi connectivity index (χ3v) is 2.85. The van der Waals surface area contributed by atoms with Crippen LogP contribution in [0.15, 0.2) is 12.5 Å². The first-order chi connectivity index (χ1) is 7.59. The van der Waals surface area contributed by atoms with Gasteiger partial charge in [-0.05, 0) is 24.7 Å². The van der Waals surface area contributed by atoms with E-state index in [0.717, 1.165) is 18.9 Å². The minimum absolute atomic E-state index is 0.714. The Hall–Kier alpha value is -0.790. The van der Waals surface area contributed by atoms with E-state index >= 15 is 0 Å². The zero-order chi connectivity index (χ0) is 12.0. The first kappa shape index (κ1) is 13.3. The van der Waals surface area contributed by atoms with Gasteiger partial charge >= 0.3 is 0 Å². The largest absolute Gasteiger partial charge is 0.335 e. The second kappa shape index (κ2) is 6.72. The van der Waals surface area contributed by atoms with Gasteiger partial charge in [0.15, 0.2) is 0 Å². The highest BCUT2D eigenvalue weighted by molar-refractivity contribution is 4.99. The van der Waals surface area contributed by atoms with Crippen molar-refractivity contribution in [2.45, 2.75) is 59.9 Å². The van der Waals surface area contributed by atoms with Crippen LogP contribution in [-0.4, -0.2) is 9.55 Å². The summed E-state index contributed by atoms with van der Waals surface area (Å²) in [5, 5.41) is 0. The Morgan fingerprint density at radius 3 is 2.50 bits per heavy atom. The lowest BCUT2D eigenvalue weighted by Gasteiger charge is -2.10. The second-order valence-corrected chi connectivity index (χ2v) is 5.57. The van der Waals surface area contributed by atoms with E-state index in [2.05, 4.69) is 37.2 Å². The van der Waals surface area contributed by atoms with Gasteiger partial charge in [0, 0.05) is 18.4 Å². The quantitative estimate of drug-likeness (QED) is 0.640. The van der Waals surface area contributed by atoms with Crippen LogP contribution < -0.4 is 0 Å². The minimum Gasteiger partial charge on any atom is -0.335 e. The summed E-state index contributed by atoms with van der Waals surface area (Å²) in [6.07, 6.45) is 9.09. The van der Waals surface area contributed by atoms with Crippen LogP contribution in [0.4, 0.5) is 0 Å². The molecular formula is C14H26N2. The molecule has 0 aliphatic heterocycles. The van der Waals surface area contributed by atoms with E-state index in [1.807, 2.05) is 12.5 Å². The van der Waals surface area contributed by atoms with Crippen LogP contribution in [0.25, 0.3) is 0 Å². The monoisotopic (exact) mass is 222 g/mol. The molecule has 0 fully saturated rings. The van der Waals surface area contributed by atoms with Gasteiger partial charge in [0.25, 0.3) is 0 Å². The van der Waals surface area contributed by atoms with Crippen LogP contribution in [0.5, 0.6) is 0 Å². The van der Waals surface area contributed by atoms with Crippen LogP contribution >= 0.6 is 0 Å². The predicted molar refractivity (Wildman–Crippen MR) is 69.5 cm³/mol. The number of rotatable bonds is 7. The van der Waals surface area contributed by atoms with Gasteiger partial charge < -0.3 is 4.57 Å². The number of unbranched alkanes of at least 4 members (excludes halogenated alkanes) is 1. The predicted octanol–water partition coefficient (Wildman–Crippen LogP) is 3.91. The summed E-state index contributed by atoms with van der Waals surface area (Å²) in [4.78, 5) is 4.25. The molecule has 92 valence electrons. The number of aromatic nitrogens is 2. The van der Waals surface area contributed by atoms with E-state index in [4.69, 9.17) is 0 Å². The molecule has 2 nitrogen and oxygen atoms in total. The third-order valence-electron chi connectivity index (χ3n) is 2.85. The van der Waals surface area contributed by atoms with Gasteiger partial charge in [-0.15, -0.1) is 0 Å². The first-order valence-corrected chi connectivity index (χ1v) is 6.58. The molecule has 1 aromatic heterocycles. The van der Waals surface area contributed by atoms with Gasteiger partial charge in [0.05, 0.1) is 6.33 Å². The van der Waals surface area contributed by atoms with Crippen LogP contribution in [0.2, 0.25) is 0 Å². The SMILES string of the molecule is CC(C)CCCCn1cncc1CC(C)C. The molecule has 0 spiro atoms. The van der Waals surface area contributed by atoms with Crippen LogP contribution in [0.3, 0.4) is 0 Å². The van der Waals surface area contributed by atoms with Gasteiger partial charge in [-0.3, -0.25) is 0 Å². The van der Waals surface area contributed by atoms with Crippen molar-refractivity contribution in [3.63, 3.8) is 0 Å². The Kier molecular flexibility index (Phi) is 5.58. The highest BCUT2D eigenvalue weighted by atomic mass is 15.0. The van der Waals surface area contributed by atoms with Crippen molar-refractivity contribution in [3.8, 4) is 0 Å². The maximum absolute atomic E-state index is 4.25. The fourth-order valence-corrected chi connectivity index (χ4v) is 1.97. The molecule has 0 aliphatic rings. The molecular weight excluding hydrogens is 196 g/mol. The van der Waals surface area contributed by atoms with Crippen molar-refractivity contribution >= 4 is 0 Å². The normalized spacial score (nSPS) is 11.6. The minimum atomic E-state index is 0.714. The number of hydrogen-bond donors (Lipinski definition) is 0. The van der Waals surface area contributed by atoms with Crippen LogP contribution in [-0.2, 0) is 13.0 Å². The summed E-state index contributed by atoms with van der Waals surface area (Å²) >= 11 is 0. The van der Waals surface area contributed by atoms with E-state index in [1.54, 1.807) is 0 Å². The average molecular weight is 222 g/mol. The molecule has 16 heavy (non-hydrogen) atoms. The van der Waals surface area contributed by atoms with E-state index in [-0.39, 0.29) is 0 Å². The van der Waals surface area contributed by atoms with E-state index < -0.39 is 0 Å². The van der Waals surface area contributed by atoms with Gasteiger partial charge in [0.1, 0.15) is 0 Å². The Bertz CT molecular complexity index is 287. The second-order valence-electron chi connectivity index (χ2n) is 5.57. The molecule has 1 heterocycles. The molecule has 0 saturated heterocycles.